The summed E-state index contributed by atoms with van der Waals surface area (Å²) in [5, 5.41) is 13.0. The molecule has 6 nitrogen and oxygen atoms in total. The molecule has 0 saturated carbocycles. The van der Waals surface area contributed by atoms with Crippen molar-refractivity contribution >= 4 is 5.97 Å². The molecule has 0 saturated heterocycles. The van der Waals surface area contributed by atoms with Crippen LogP contribution in [0.5, 0.6) is 11.5 Å². The van der Waals surface area contributed by atoms with Gasteiger partial charge in [0.1, 0.15) is 31.0 Å². The SMILES string of the molecule is O=C(O)CC(c1ccc(OCCOc2ccc(C(F)(F)F)cc2)cc1)c1ccon1. The van der Waals surface area contributed by atoms with Gasteiger partial charge in [-0.1, -0.05) is 17.3 Å². The highest BCUT2D eigenvalue weighted by Crippen LogP contribution is 2.30. The summed E-state index contributed by atoms with van der Waals surface area (Å²) in [5.74, 6) is -0.544. The van der Waals surface area contributed by atoms with Crippen molar-refractivity contribution < 1.29 is 37.1 Å². The van der Waals surface area contributed by atoms with E-state index >= 15 is 0 Å². The lowest BCUT2D eigenvalue weighted by molar-refractivity contribution is -0.138. The Balaban J connectivity index is 1.51. The largest absolute Gasteiger partial charge is 0.490 e. The summed E-state index contributed by atoms with van der Waals surface area (Å²) in [6.07, 6.45) is -3.13. The highest BCUT2D eigenvalue weighted by molar-refractivity contribution is 5.68. The van der Waals surface area contributed by atoms with Crippen LogP contribution in [0.3, 0.4) is 0 Å². The van der Waals surface area contributed by atoms with E-state index in [1.54, 1.807) is 30.3 Å². The average molecular weight is 421 g/mol. The molecule has 0 spiro atoms. The van der Waals surface area contributed by atoms with Gasteiger partial charge in [0.15, 0.2) is 0 Å². The van der Waals surface area contributed by atoms with Crippen LogP contribution in [0.25, 0.3) is 0 Å². The van der Waals surface area contributed by atoms with Crippen molar-refractivity contribution in [3.63, 3.8) is 0 Å². The monoisotopic (exact) mass is 421 g/mol. The maximum atomic E-state index is 12.5. The lowest BCUT2D eigenvalue weighted by atomic mass is 9.92. The number of rotatable bonds is 9. The first kappa shape index (κ1) is 21.2. The number of alkyl halides is 3. The van der Waals surface area contributed by atoms with Crippen molar-refractivity contribution in [3.8, 4) is 11.5 Å². The molecule has 1 unspecified atom stereocenters. The van der Waals surface area contributed by atoms with E-state index in [1.807, 2.05) is 0 Å². The van der Waals surface area contributed by atoms with Gasteiger partial charge in [0.25, 0.3) is 0 Å². The Labute approximate surface area is 169 Å². The molecule has 1 heterocycles. The molecule has 0 fully saturated rings. The zero-order valence-corrected chi connectivity index (χ0v) is 15.6. The molecule has 9 heteroatoms. The quantitative estimate of drug-likeness (QED) is 0.502. The number of halogens is 3. The van der Waals surface area contributed by atoms with E-state index in [9.17, 15) is 18.0 Å². The minimum Gasteiger partial charge on any atom is -0.490 e. The number of hydrogen-bond donors (Lipinski definition) is 1. The van der Waals surface area contributed by atoms with Crippen LogP contribution in [0.2, 0.25) is 0 Å². The number of carboxylic acids is 1. The Morgan fingerprint density at radius 1 is 0.967 bits per heavy atom. The first-order chi connectivity index (χ1) is 14.3. The van der Waals surface area contributed by atoms with Crippen LogP contribution in [0.4, 0.5) is 13.2 Å². The van der Waals surface area contributed by atoms with E-state index in [4.69, 9.17) is 19.1 Å². The molecule has 3 aromatic rings. The highest BCUT2D eigenvalue weighted by atomic mass is 19.4. The van der Waals surface area contributed by atoms with Crippen molar-refractivity contribution in [2.45, 2.75) is 18.5 Å². The van der Waals surface area contributed by atoms with E-state index in [1.165, 1.54) is 18.4 Å². The number of aromatic nitrogens is 1. The van der Waals surface area contributed by atoms with Gasteiger partial charge in [0.05, 0.1) is 17.7 Å². The number of carbonyl (C=O) groups is 1. The van der Waals surface area contributed by atoms with Crippen molar-refractivity contribution in [1.82, 2.24) is 5.16 Å². The second-order valence-electron chi connectivity index (χ2n) is 6.36. The van der Waals surface area contributed by atoms with Crippen LogP contribution in [0, 0.1) is 0 Å². The molecule has 0 aliphatic carbocycles. The average Bonchev–Trinajstić information content (AvgIpc) is 3.24. The number of aliphatic carboxylic acids is 1. The zero-order chi connectivity index (χ0) is 21.6. The van der Waals surface area contributed by atoms with E-state index < -0.39 is 23.6 Å². The number of hydrogen-bond acceptors (Lipinski definition) is 5. The van der Waals surface area contributed by atoms with Gasteiger partial charge >= 0.3 is 12.1 Å². The van der Waals surface area contributed by atoms with E-state index in [-0.39, 0.29) is 19.6 Å². The summed E-state index contributed by atoms with van der Waals surface area (Å²) in [6, 6.07) is 12.9. The fourth-order valence-electron chi connectivity index (χ4n) is 2.82. The van der Waals surface area contributed by atoms with Crippen molar-refractivity contribution in [2.75, 3.05) is 13.2 Å². The van der Waals surface area contributed by atoms with Crippen molar-refractivity contribution in [2.24, 2.45) is 0 Å². The van der Waals surface area contributed by atoms with Gasteiger partial charge in [-0.15, -0.1) is 0 Å². The second kappa shape index (κ2) is 9.34. The third-order valence-corrected chi connectivity index (χ3v) is 4.28. The second-order valence-corrected chi connectivity index (χ2v) is 6.36. The number of ether oxygens (including phenoxy) is 2. The Morgan fingerprint density at radius 2 is 1.53 bits per heavy atom. The molecule has 0 bridgehead atoms. The van der Waals surface area contributed by atoms with Crippen LogP contribution in [-0.2, 0) is 11.0 Å². The first-order valence-corrected chi connectivity index (χ1v) is 8.98. The normalized spacial score (nSPS) is 12.4. The molecule has 1 aromatic heterocycles. The fraction of sp³-hybridized carbons (Fsp3) is 0.238. The zero-order valence-electron chi connectivity index (χ0n) is 15.6. The van der Waals surface area contributed by atoms with Crippen LogP contribution >= 0.6 is 0 Å². The van der Waals surface area contributed by atoms with Crippen molar-refractivity contribution in [1.29, 1.82) is 0 Å². The molecule has 0 radical (unpaired) electrons. The molecule has 1 atom stereocenters. The molecular formula is C21H18F3NO5. The Kier molecular flexibility index (Phi) is 6.61. The third kappa shape index (κ3) is 5.76. The predicted molar refractivity (Wildman–Crippen MR) is 99.5 cm³/mol. The molecule has 0 amide bonds. The van der Waals surface area contributed by atoms with Gasteiger partial charge in [-0.25, -0.2) is 0 Å². The third-order valence-electron chi connectivity index (χ3n) is 4.28. The first-order valence-electron chi connectivity index (χ1n) is 8.98. The Hall–Kier alpha value is -3.49. The Bertz CT molecular complexity index is 938. The molecule has 3 rings (SSSR count). The molecule has 0 aliphatic heterocycles. The molecule has 0 aliphatic rings. The van der Waals surface area contributed by atoms with Gasteiger partial charge < -0.3 is 19.1 Å². The number of carboxylic acid groups (broad SMARTS) is 1. The van der Waals surface area contributed by atoms with Gasteiger partial charge in [-0.05, 0) is 42.0 Å². The molecule has 1 N–H and O–H groups in total. The summed E-state index contributed by atoms with van der Waals surface area (Å²) >= 11 is 0. The topological polar surface area (TPSA) is 81.8 Å². The van der Waals surface area contributed by atoms with Crippen LogP contribution in [0.15, 0.2) is 65.4 Å². The minimum atomic E-state index is -4.38. The van der Waals surface area contributed by atoms with Crippen molar-refractivity contribution in [3.05, 3.63) is 77.7 Å². The fourth-order valence-corrected chi connectivity index (χ4v) is 2.82. The van der Waals surface area contributed by atoms with E-state index in [0.717, 1.165) is 17.7 Å². The standard InChI is InChI=1S/C21H18F3NO5/c22-21(23,24)15-3-7-17(8-4-15)29-12-11-28-16-5-1-14(2-6-16)18(13-20(26)27)19-9-10-30-25-19/h1-10,18H,11-13H2,(H,26,27). The van der Waals surface area contributed by atoms with Gasteiger partial charge in [0.2, 0.25) is 0 Å². The molecule has 30 heavy (non-hydrogen) atoms. The smallest absolute Gasteiger partial charge is 0.416 e. The van der Waals surface area contributed by atoms with Gasteiger partial charge in [-0.2, -0.15) is 13.2 Å². The Morgan fingerprint density at radius 3 is 2.00 bits per heavy atom. The summed E-state index contributed by atoms with van der Waals surface area (Å²) < 4.78 is 53.3. The van der Waals surface area contributed by atoms with Crippen LogP contribution in [0.1, 0.15) is 29.2 Å². The van der Waals surface area contributed by atoms with Crippen LogP contribution < -0.4 is 9.47 Å². The lowest BCUT2D eigenvalue weighted by Gasteiger charge is -2.14. The number of nitrogens with zero attached hydrogens (tertiary/aromatic N) is 1. The predicted octanol–water partition coefficient (Wildman–Crippen LogP) is 4.76. The number of benzene rings is 2. The minimum absolute atomic E-state index is 0.131. The maximum Gasteiger partial charge on any atom is 0.416 e. The molecular weight excluding hydrogens is 403 g/mol. The highest BCUT2D eigenvalue weighted by Gasteiger charge is 2.30. The maximum absolute atomic E-state index is 12.5. The van der Waals surface area contributed by atoms with Gasteiger partial charge in [0, 0.05) is 12.0 Å². The van der Waals surface area contributed by atoms with Gasteiger partial charge in [-0.3, -0.25) is 4.79 Å². The molecule has 2 aromatic carbocycles. The lowest BCUT2D eigenvalue weighted by Crippen LogP contribution is -2.10. The van der Waals surface area contributed by atoms with E-state index in [0.29, 0.717) is 17.2 Å². The van der Waals surface area contributed by atoms with E-state index in [2.05, 4.69) is 5.16 Å². The summed E-state index contributed by atoms with van der Waals surface area (Å²) in [4.78, 5) is 11.2. The molecule has 158 valence electrons. The summed E-state index contributed by atoms with van der Waals surface area (Å²) in [5.41, 5.74) is 0.536. The van der Waals surface area contributed by atoms with Crippen LogP contribution in [-0.4, -0.2) is 29.4 Å². The summed E-state index contributed by atoms with van der Waals surface area (Å²) in [6.45, 7) is 0.329. The summed E-state index contributed by atoms with van der Waals surface area (Å²) in [7, 11) is 0.